The fraction of sp³-hybridized carbons (Fsp3) is 0.364. The summed E-state index contributed by atoms with van der Waals surface area (Å²) in [5.41, 5.74) is 2.57. The molecule has 0 radical (unpaired) electrons. The Kier molecular flexibility index (Phi) is 4.11. The lowest BCUT2D eigenvalue weighted by atomic mass is 9.71. The number of aryl methyl sites for hydroxylation is 1. The molecule has 1 saturated heterocycles. The lowest BCUT2D eigenvalue weighted by Crippen LogP contribution is -2.38. The first-order chi connectivity index (χ1) is 14.0. The summed E-state index contributed by atoms with van der Waals surface area (Å²) in [4.78, 5) is 16.2. The second-order valence-electron chi connectivity index (χ2n) is 7.91. The standard InChI is InChI=1S/C22H24N4O3/c1-3-22(7-5-4-6-19(22)27)17-11-25(2)21(28)20-16(17)8-18(24-20)14-9-23-26(10-14)15-12-29-13-15/h4-11,15,19,24,27H,3,12-13H2,1-2H3. The topological polar surface area (TPSA) is 85.1 Å². The van der Waals surface area contributed by atoms with E-state index in [0.29, 0.717) is 25.2 Å². The van der Waals surface area contributed by atoms with Gasteiger partial charge in [-0.15, -0.1) is 0 Å². The Labute approximate surface area is 167 Å². The van der Waals surface area contributed by atoms with Crippen LogP contribution in [-0.2, 0) is 17.2 Å². The Morgan fingerprint density at radius 2 is 2.17 bits per heavy atom. The molecule has 5 rings (SSSR count). The van der Waals surface area contributed by atoms with Crippen molar-refractivity contribution in [1.82, 2.24) is 19.3 Å². The van der Waals surface area contributed by atoms with Gasteiger partial charge in [0.15, 0.2) is 0 Å². The molecule has 1 aliphatic heterocycles. The number of aromatic nitrogens is 4. The van der Waals surface area contributed by atoms with Crippen LogP contribution in [0.25, 0.3) is 22.2 Å². The number of aliphatic hydroxyl groups is 1. The highest BCUT2D eigenvalue weighted by Gasteiger charge is 2.38. The number of allylic oxidation sites excluding steroid dienone is 2. The summed E-state index contributed by atoms with van der Waals surface area (Å²) in [5, 5.41) is 16.1. The van der Waals surface area contributed by atoms with Crippen LogP contribution in [0.4, 0.5) is 0 Å². The quantitative estimate of drug-likeness (QED) is 0.714. The highest BCUT2D eigenvalue weighted by atomic mass is 16.5. The molecule has 29 heavy (non-hydrogen) atoms. The summed E-state index contributed by atoms with van der Waals surface area (Å²) < 4.78 is 8.75. The molecular formula is C22H24N4O3. The van der Waals surface area contributed by atoms with Gasteiger partial charge in [-0.2, -0.15) is 5.10 Å². The first-order valence-corrected chi connectivity index (χ1v) is 9.92. The van der Waals surface area contributed by atoms with E-state index >= 15 is 0 Å². The van der Waals surface area contributed by atoms with Crippen molar-refractivity contribution >= 4 is 10.9 Å². The maximum absolute atomic E-state index is 12.9. The number of nitrogens with zero attached hydrogens (tertiary/aromatic N) is 3. The van der Waals surface area contributed by atoms with E-state index in [2.05, 4.69) is 17.0 Å². The lowest BCUT2D eigenvalue weighted by Gasteiger charge is -2.36. The zero-order valence-electron chi connectivity index (χ0n) is 16.5. The number of aromatic amines is 1. The fourth-order valence-corrected chi connectivity index (χ4v) is 4.35. The van der Waals surface area contributed by atoms with Crippen molar-refractivity contribution in [2.75, 3.05) is 13.2 Å². The molecule has 0 spiro atoms. The van der Waals surface area contributed by atoms with Gasteiger partial charge < -0.3 is 19.4 Å². The molecule has 3 aromatic rings. The molecule has 1 aliphatic carbocycles. The third-order valence-electron chi connectivity index (χ3n) is 6.28. The summed E-state index contributed by atoms with van der Waals surface area (Å²) in [5.74, 6) is 0. The number of aliphatic hydroxyl groups excluding tert-OH is 1. The van der Waals surface area contributed by atoms with Crippen molar-refractivity contribution in [2.45, 2.75) is 30.9 Å². The van der Waals surface area contributed by atoms with Gasteiger partial charge >= 0.3 is 0 Å². The van der Waals surface area contributed by atoms with Crippen molar-refractivity contribution < 1.29 is 9.84 Å². The number of nitrogens with one attached hydrogen (secondary N) is 1. The molecule has 0 amide bonds. The van der Waals surface area contributed by atoms with E-state index in [1.165, 1.54) is 0 Å². The van der Waals surface area contributed by atoms with E-state index in [4.69, 9.17) is 4.74 Å². The van der Waals surface area contributed by atoms with E-state index in [1.807, 2.05) is 41.4 Å². The lowest BCUT2D eigenvalue weighted by molar-refractivity contribution is -0.0286. The van der Waals surface area contributed by atoms with E-state index in [-0.39, 0.29) is 11.6 Å². The maximum atomic E-state index is 12.9. The summed E-state index contributed by atoms with van der Waals surface area (Å²) in [7, 11) is 1.75. The Balaban J connectivity index is 1.69. The highest BCUT2D eigenvalue weighted by Crippen LogP contribution is 2.40. The third-order valence-corrected chi connectivity index (χ3v) is 6.28. The number of pyridine rings is 1. The summed E-state index contributed by atoms with van der Waals surface area (Å²) in [6.45, 7) is 3.41. The Hall–Kier alpha value is -2.90. The van der Waals surface area contributed by atoms with Crippen LogP contribution < -0.4 is 5.56 Å². The molecule has 0 aromatic carbocycles. The van der Waals surface area contributed by atoms with E-state index in [9.17, 15) is 9.90 Å². The molecule has 1 fully saturated rings. The average molecular weight is 392 g/mol. The monoisotopic (exact) mass is 392 g/mol. The van der Waals surface area contributed by atoms with Crippen LogP contribution in [-0.4, -0.2) is 43.8 Å². The van der Waals surface area contributed by atoms with Gasteiger partial charge in [0.1, 0.15) is 5.52 Å². The van der Waals surface area contributed by atoms with Crippen LogP contribution in [0, 0.1) is 0 Å². The zero-order valence-corrected chi connectivity index (χ0v) is 16.5. The van der Waals surface area contributed by atoms with Crippen molar-refractivity contribution in [3.63, 3.8) is 0 Å². The number of rotatable bonds is 4. The van der Waals surface area contributed by atoms with Gasteiger partial charge in [-0.05, 0) is 18.1 Å². The number of H-pyrrole nitrogens is 1. The van der Waals surface area contributed by atoms with E-state index in [1.54, 1.807) is 23.9 Å². The first kappa shape index (κ1) is 18.1. The minimum absolute atomic E-state index is 0.0918. The highest BCUT2D eigenvalue weighted by molar-refractivity contribution is 5.89. The van der Waals surface area contributed by atoms with Gasteiger partial charge in [-0.3, -0.25) is 9.48 Å². The molecule has 4 heterocycles. The number of fused-ring (bicyclic) bond motifs is 1. The summed E-state index contributed by atoms with van der Waals surface area (Å²) >= 11 is 0. The van der Waals surface area contributed by atoms with Crippen molar-refractivity contribution in [1.29, 1.82) is 0 Å². The molecule has 150 valence electrons. The molecule has 7 nitrogen and oxygen atoms in total. The van der Waals surface area contributed by atoms with Crippen LogP contribution >= 0.6 is 0 Å². The molecule has 2 aliphatic rings. The molecule has 2 N–H and O–H groups in total. The van der Waals surface area contributed by atoms with Crippen molar-refractivity contribution in [3.05, 3.63) is 64.9 Å². The smallest absolute Gasteiger partial charge is 0.274 e. The number of hydrogen-bond donors (Lipinski definition) is 2. The average Bonchev–Trinajstić information content (AvgIpc) is 3.32. The van der Waals surface area contributed by atoms with Crippen molar-refractivity contribution in [2.24, 2.45) is 7.05 Å². The predicted molar refractivity (Wildman–Crippen MR) is 111 cm³/mol. The van der Waals surface area contributed by atoms with Gasteiger partial charge in [0.25, 0.3) is 5.56 Å². The van der Waals surface area contributed by atoms with Gasteiger partial charge in [0, 0.05) is 41.5 Å². The Bertz CT molecular complexity index is 1190. The number of ether oxygens (including phenoxy) is 1. The fourth-order valence-electron chi connectivity index (χ4n) is 4.35. The van der Waals surface area contributed by atoms with Crippen LogP contribution in [0.3, 0.4) is 0 Å². The molecule has 0 saturated carbocycles. The molecule has 0 bridgehead atoms. The second-order valence-corrected chi connectivity index (χ2v) is 7.91. The van der Waals surface area contributed by atoms with E-state index < -0.39 is 11.5 Å². The summed E-state index contributed by atoms with van der Waals surface area (Å²) in [6, 6.07) is 2.27. The third kappa shape index (κ3) is 2.65. The molecule has 3 aromatic heterocycles. The minimum atomic E-state index is -0.655. The van der Waals surface area contributed by atoms with Crippen LogP contribution in [0.2, 0.25) is 0 Å². The van der Waals surface area contributed by atoms with Gasteiger partial charge in [0.05, 0.1) is 31.6 Å². The van der Waals surface area contributed by atoms with Crippen LogP contribution in [0.1, 0.15) is 24.9 Å². The van der Waals surface area contributed by atoms with Gasteiger partial charge in [-0.25, -0.2) is 0 Å². The second kappa shape index (κ2) is 6.57. The normalized spacial score (nSPS) is 24.3. The first-order valence-electron chi connectivity index (χ1n) is 9.92. The summed E-state index contributed by atoms with van der Waals surface area (Å²) in [6.07, 6.45) is 13.4. The molecular weight excluding hydrogens is 368 g/mol. The maximum Gasteiger partial charge on any atom is 0.274 e. The van der Waals surface area contributed by atoms with Crippen molar-refractivity contribution in [3.8, 4) is 11.3 Å². The number of hydrogen-bond acceptors (Lipinski definition) is 4. The minimum Gasteiger partial charge on any atom is -0.388 e. The van der Waals surface area contributed by atoms with Crippen LogP contribution in [0.15, 0.2) is 53.8 Å². The molecule has 2 unspecified atom stereocenters. The molecule has 7 heteroatoms. The van der Waals surface area contributed by atoms with Gasteiger partial charge in [-0.1, -0.05) is 31.2 Å². The molecule has 2 atom stereocenters. The Morgan fingerprint density at radius 1 is 1.34 bits per heavy atom. The SMILES string of the molecule is CCC1(c2cn(C)c(=O)c3[nH]c(-c4cnn(C5COC5)c4)cc23)C=CC=CC1O. The van der Waals surface area contributed by atoms with Gasteiger partial charge in [0.2, 0.25) is 0 Å². The van der Waals surface area contributed by atoms with Crippen LogP contribution in [0.5, 0.6) is 0 Å². The predicted octanol–water partition coefficient (Wildman–Crippen LogP) is 2.44. The zero-order chi connectivity index (χ0) is 20.2. The largest absolute Gasteiger partial charge is 0.388 e. The van der Waals surface area contributed by atoms with E-state index in [0.717, 1.165) is 22.2 Å². The Morgan fingerprint density at radius 3 is 2.86 bits per heavy atom.